The molecule has 2 N–H and O–H groups in total. The molecule has 0 saturated carbocycles. The van der Waals surface area contributed by atoms with Gasteiger partial charge in [0.25, 0.3) is 5.69 Å². The molecule has 7 heteroatoms. The number of hydrogen-bond acceptors (Lipinski definition) is 5. The van der Waals surface area contributed by atoms with Gasteiger partial charge in [0.05, 0.1) is 10.3 Å². The van der Waals surface area contributed by atoms with Crippen LogP contribution in [-0.2, 0) is 4.79 Å². The molecule has 0 aliphatic rings. The fourth-order valence-electron chi connectivity index (χ4n) is 2.09. The molecule has 21 heavy (non-hydrogen) atoms. The van der Waals surface area contributed by atoms with E-state index in [2.05, 4.69) is 15.6 Å². The molecule has 0 saturated heterocycles. The Labute approximate surface area is 121 Å². The molecule has 110 valence electrons. The van der Waals surface area contributed by atoms with Gasteiger partial charge in [-0.1, -0.05) is 0 Å². The number of nitro benzene ring substituents is 1. The average molecular weight is 288 g/mol. The van der Waals surface area contributed by atoms with Gasteiger partial charge in [-0.05, 0) is 26.0 Å². The Balaban J connectivity index is 2.40. The number of carbonyl (C=O) groups is 1. The first kappa shape index (κ1) is 14.7. The van der Waals surface area contributed by atoms with E-state index in [1.165, 1.54) is 12.3 Å². The minimum Gasteiger partial charge on any atom is -0.373 e. The van der Waals surface area contributed by atoms with Crippen LogP contribution in [0, 0.1) is 10.1 Å². The summed E-state index contributed by atoms with van der Waals surface area (Å²) in [5, 5.41) is 17.9. The van der Waals surface area contributed by atoms with E-state index in [1.807, 2.05) is 6.92 Å². The third kappa shape index (κ3) is 3.07. The molecule has 1 heterocycles. The van der Waals surface area contributed by atoms with Crippen LogP contribution in [0.2, 0.25) is 0 Å². The van der Waals surface area contributed by atoms with E-state index in [0.717, 1.165) is 0 Å². The fraction of sp³-hybridized carbons (Fsp3) is 0.286. The van der Waals surface area contributed by atoms with Crippen molar-refractivity contribution in [3.63, 3.8) is 0 Å². The first-order chi connectivity index (χ1) is 10.0. The highest BCUT2D eigenvalue weighted by Gasteiger charge is 2.17. The van der Waals surface area contributed by atoms with E-state index in [4.69, 9.17) is 0 Å². The van der Waals surface area contributed by atoms with Crippen LogP contribution in [-0.4, -0.2) is 28.4 Å². The molecule has 1 aromatic carbocycles. The van der Waals surface area contributed by atoms with Crippen molar-refractivity contribution in [3.8, 4) is 0 Å². The number of pyridine rings is 1. The van der Waals surface area contributed by atoms with Crippen LogP contribution in [0.1, 0.15) is 13.8 Å². The van der Waals surface area contributed by atoms with Crippen molar-refractivity contribution in [3.05, 3.63) is 40.7 Å². The van der Waals surface area contributed by atoms with Crippen LogP contribution in [0.15, 0.2) is 30.6 Å². The number of carbonyl (C=O) groups excluding carboxylic acids is 1. The minimum atomic E-state index is -0.443. The maximum absolute atomic E-state index is 11.8. The Hall–Kier alpha value is -2.70. The number of rotatable bonds is 5. The van der Waals surface area contributed by atoms with Crippen molar-refractivity contribution >= 4 is 28.1 Å². The summed E-state index contributed by atoms with van der Waals surface area (Å²) in [6.07, 6.45) is 3.02. The second-order valence-electron chi connectivity index (χ2n) is 4.57. The normalized spacial score (nSPS) is 11.9. The predicted octanol–water partition coefficient (Wildman–Crippen LogP) is 2.08. The van der Waals surface area contributed by atoms with Gasteiger partial charge in [0.1, 0.15) is 6.04 Å². The van der Waals surface area contributed by atoms with Crippen LogP contribution in [0.5, 0.6) is 0 Å². The van der Waals surface area contributed by atoms with Gasteiger partial charge < -0.3 is 10.6 Å². The summed E-state index contributed by atoms with van der Waals surface area (Å²) in [5.74, 6) is -0.127. The van der Waals surface area contributed by atoms with Crippen LogP contribution in [0.4, 0.5) is 11.4 Å². The zero-order valence-electron chi connectivity index (χ0n) is 11.8. The maximum atomic E-state index is 11.8. The minimum absolute atomic E-state index is 0.00527. The summed E-state index contributed by atoms with van der Waals surface area (Å²) in [7, 11) is 0. The number of amides is 1. The van der Waals surface area contributed by atoms with Gasteiger partial charge in [0, 0.05) is 36.1 Å². The molecule has 1 amide bonds. The molecule has 7 nitrogen and oxygen atoms in total. The highest BCUT2D eigenvalue weighted by molar-refractivity contribution is 6.00. The molecule has 1 aromatic heterocycles. The van der Waals surface area contributed by atoms with Crippen LogP contribution in [0.25, 0.3) is 10.8 Å². The smallest absolute Gasteiger partial charge is 0.278 e. The van der Waals surface area contributed by atoms with Crippen molar-refractivity contribution in [1.29, 1.82) is 0 Å². The Kier molecular flexibility index (Phi) is 4.32. The zero-order valence-corrected chi connectivity index (χ0v) is 11.8. The van der Waals surface area contributed by atoms with Gasteiger partial charge >= 0.3 is 0 Å². The van der Waals surface area contributed by atoms with Gasteiger partial charge in [0.15, 0.2) is 0 Å². The summed E-state index contributed by atoms with van der Waals surface area (Å²) in [6, 6.07) is 4.27. The molecule has 0 fully saturated rings. The summed E-state index contributed by atoms with van der Waals surface area (Å²) in [6.45, 7) is 4.13. The number of benzene rings is 1. The van der Waals surface area contributed by atoms with Gasteiger partial charge in [-0.15, -0.1) is 0 Å². The number of hydrogen-bond donors (Lipinski definition) is 2. The van der Waals surface area contributed by atoms with Crippen LogP contribution >= 0.6 is 0 Å². The van der Waals surface area contributed by atoms with Crippen molar-refractivity contribution in [2.24, 2.45) is 0 Å². The number of aromatic nitrogens is 1. The summed E-state index contributed by atoms with van der Waals surface area (Å²) >= 11 is 0. The molecule has 0 aliphatic carbocycles. The van der Waals surface area contributed by atoms with Gasteiger partial charge in [-0.3, -0.25) is 19.9 Å². The number of nitrogens with one attached hydrogen (secondary N) is 2. The summed E-state index contributed by atoms with van der Waals surface area (Å²) in [4.78, 5) is 26.3. The lowest BCUT2D eigenvalue weighted by atomic mass is 10.1. The Bertz CT molecular complexity index is 687. The van der Waals surface area contributed by atoms with Crippen molar-refractivity contribution in [2.75, 3.05) is 11.9 Å². The molecule has 0 bridgehead atoms. The SMILES string of the molecule is CCNC(=O)C(C)Nc1ccc([N+](=O)[O-])c2cnccc12. The molecule has 1 atom stereocenters. The van der Waals surface area contributed by atoms with Crippen molar-refractivity contribution < 1.29 is 9.72 Å². The zero-order chi connectivity index (χ0) is 15.4. The van der Waals surface area contributed by atoms with Crippen LogP contribution < -0.4 is 10.6 Å². The third-order valence-corrected chi connectivity index (χ3v) is 3.11. The quantitative estimate of drug-likeness (QED) is 0.648. The van der Waals surface area contributed by atoms with Crippen LogP contribution in [0.3, 0.4) is 0 Å². The Morgan fingerprint density at radius 3 is 2.81 bits per heavy atom. The first-order valence-corrected chi connectivity index (χ1v) is 6.60. The monoisotopic (exact) mass is 288 g/mol. The number of fused-ring (bicyclic) bond motifs is 1. The standard InChI is InChI=1S/C14H16N4O3/c1-3-16-14(19)9(2)17-12-4-5-13(18(20)21)11-8-15-7-6-10(11)12/h4-9,17H,3H2,1-2H3,(H,16,19). The van der Waals surface area contributed by atoms with E-state index in [0.29, 0.717) is 23.0 Å². The number of non-ortho nitro benzene ring substituents is 1. The number of likely N-dealkylation sites (N-methyl/N-ethyl adjacent to an activating group) is 1. The number of anilines is 1. The molecule has 2 aromatic rings. The Morgan fingerprint density at radius 1 is 1.38 bits per heavy atom. The van der Waals surface area contributed by atoms with Gasteiger partial charge in [0.2, 0.25) is 5.91 Å². The second kappa shape index (κ2) is 6.17. The lowest BCUT2D eigenvalue weighted by Crippen LogP contribution is -2.37. The van der Waals surface area contributed by atoms with Crippen molar-refractivity contribution in [2.45, 2.75) is 19.9 Å². The number of nitro groups is 1. The largest absolute Gasteiger partial charge is 0.373 e. The third-order valence-electron chi connectivity index (χ3n) is 3.11. The van der Waals surface area contributed by atoms with Crippen molar-refractivity contribution in [1.82, 2.24) is 10.3 Å². The van der Waals surface area contributed by atoms with E-state index in [-0.39, 0.29) is 11.6 Å². The fourth-order valence-corrected chi connectivity index (χ4v) is 2.09. The predicted molar refractivity (Wildman–Crippen MR) is 80.2 cm³/mol. The highest BCUT2D eigenvalue weighted by Crippen LogP contribution is 2.30. The highest BCUT2D eigenvalue weighted by atomic mass is 16.6. The topological polar surface area (TPSA) is 97.2 Å². The Morgan fingerprint density at radius 2 is 2.14 bits per heavy atom. The lowest BCUT2D eigenvalue weighted by Gasteiger charge is -2.16. The van der Waals surface area contributed by atoms with E-state index < -0.39 is 11.0 Å². The average Bonchev–Trinajstić information content (AvgIpc) is 2.47. The molecular formula is C14H16N4O3. The van der Waals surface area contributed by atoms with Gasteiger partial charge in [-0.2, -0.15) is 0 Å². The summed E-state index contributed by atoms with van der Waals surface area (Å²) in [5.41, 5.74) is 0.658. The molecule has 0 aliphatic heterocycles. The second-order valence-corrected chi connectivity index (χ2v) is 4.57. The van der Waals surface area contributed by atoms with E-state index >= 15 is 0 Å². The van der Waals surface area contributed by atoms with Gasteiger partial charge in [-0.25, -0.2) is 0 Å². The van der Waals surface area contributed by atoms with E-state index in [1.54, 1.807) is 25.3 Å². The molecular weight excluding hydrogens is 272 g/mol. The number of nitrogens with zero attached hydrogens (tertiary/aromatic N) is 2. The molecule has 1 unspecified atom stereocenters. The lowest BCUT2D eigenvalue weighted by molar-refractivity contribution is -0.383. The molecule has 0 spiro atoms. The first-order valence-electron chi connectivity index (χ1n) is 6.60. The molecule has 2 rings (SSSR count). The molecule has 0 radical (unpaired) electrons. The van der Waals surface area contributed by atoms with E-state index in [9.17, 15) is 14.9 Å². The summed E-state index contributed by atoms with van der Waals surface area (Å²) < 4.78 is 0. The maximum Gasteiger partial charge on any atom is 0.278 e.